The summed E-state index contributed by atoms with van der Waals surface area (Å²) in [5.74, 6) is 1.86. The number of fused-ring (bicyclic) bond motifs is 1. The number of hydrogen-bond donors (Lipinski definition) is 3. The number of aromatic nitrogens is 3. The van der Waals surface area contributed by atoms with Gasteiger partial charge in [-0.05, 0) is 37.3 Å². The predicted octanol–water partition coefficient (Wildman–Crippen LogP) is 2.51. The summed E-state index contributed by atoms with van der Waals surface area (Å²) in [5, 5.41) is 13.2. The highest BCUT2D eigenvalue weighted by atomic mass is 16.5. The zero-order valence-corrected chi connectivity index (χ0v) is 14.4. The summed E-state index contributed by atoms with van der Waals surface area (Å²) in [6.07, 6.45) is 0. The van der Waals surface area contributed by atoms with Crippen LogP contribution < -0.4 is 15.4 Å². The molecule has 7 nitrogen and oxygen atoms in total. The molecule has 26 heavy (non-hydrogen) atoms. The molecule has 0 unspecified atom stereocenters. The number of nitrogens with one attached hydrogen (secondary N) is 3. The van der Waals surface area contributed by atoms with E-state index in [0.29, 0.717) is 36.0 Å². The summed E-state index contributed by atoms with van der Waals surface area (Å²) in [5.41, 5.74) is 3.12. The molecule has 3 N–H and O–H groups in total. The third-order valence-corrected chi connectivity index (χ3v) is 4.18. The highest BCUT2D eigenvalue weighted by Crippen LogP contribution is 2.27. The van der Waals surface area contributed by atoms with Gasteiger partial charge in [0, 0.05) is 29.9 Å². The van der Waals surface area contributed by atoms with Crippen molar-refractivity contribution < 1.29 is 9.53 Å². The quantitative estimate of drug-likeness (QED) is 0.676. The van der Waals surface area contributed by atoms with Crippen molar-refractivity contribution in [1.29, 1.82) is 0 Å². The average Bonchev–Trinajstić information content (AvgIpc) is 2.94. The molecule has 1 aromatic heterocycles. The normalized spacial score (nSPS) is 13.4. The van der Waals surface area contributed by atoms with Gasteiger partial charge in [-0.25, -0.2) is 4.98 Å². The van der Waals surface area contributed by atoms with Crippen LogP contribution in [0.2, 0.25) is 0 Å². The van der Waals surface area contributed by atoms with E-state index >= 15 is 0 Å². The van der Waals surface area contributed by atoms with E-state index in [1.54, 1.807) is 6.07 Å². The fourth-order valence-corrected chi connectivity index (χ4v) is 2.89. The zero-order chi connectivity index (χ0) is 17.9. The molecule has 7 heteroatoms. The molecule has 0 aliphatic carbocycles. The van der Waals surface area contributed by atoms with Gasteiger partial charge in [0.25, 0.3) is 5.91 Å². The molecule has 0 spiro atoms. The molecular weight excluding hydrogens is 330 g/mol. The molecule has 132 valence electrons. The first-order valence-corrected chi connectivity index (χ1v) is 8.47. The monoisotopic (exact) mass is 349 g/mol. The Hall–Kier alpha value is -3.19. The van der Waals surface area contributed by atoms with E-state index in [1.165, 1.54) is 0 Å². The van der Waals surface area contributed by atoms with Gasteiger partial charge < -0.3 is 15.4 Å². The van der Waals surface area contributed by atoms with Crippen molar-refractivity contribution in [2.45, 2.75) is 13.5 Å². The van der Waals surface area contributed by atoms with Gasteiger partial charge in [-0.15, -0.1) is 0 Å². The van der Waals surface area contributed by atoms with E-state index < -0.39 is 0 Å². The summed E-state index contributed by atoms with van der Waals surface area (Å²) in [4.78, 5) is 17.0. The van der Waals surface area contributed by atoms with Crippen LogP contribution >= 0.6 is 0 Å². The Kier molecular flexibility index (Phi) is 4.37. The molecule has 1 aliphatic heterocycles. The van der Waals surface area contributed by atoms with Gasteiger partial charge in [0.05, 0.1) is 5.56 Å². The standard InChI is InChI=1S/C19H19N5O2/c1-12-21-18(24-23-12)13-5-7-15(8-6-13)22-19(25)16-4-2-3-14-11-20-9-10-26-17(14)16/h2-8,20H,9-11H2,1H3,(H,22,25)(H,21,23,24). The second kappa shape index (κ2) is 6.97. The zero-order valence-electron chi connectivity index (χ0n) is 14.4. The Bertz CT molecular complexity index is 933. The van der Waals surface area contributed by atoms with Crippen LogP contribution in [0.1, 0.15) is 21.7 Å². The Labute approximate surface area is 150 Å². The SMILES string of the molecule is Cc1nc(-c2ccc(NC(=O)c3cccc4c3OCCNC4)cc2)n[nH]1. The number of anilines is 1. The van der Waals surface area contributed by atoms with Crippen LogP contribution in [0, 0.1) is 6.92 Å². The summed E-state index contributed by atoms with van der Waals surface area (Å²) in [6.45, 7) is 3.85. The van der Waals surface area contributed by atoms with Gasteiger partial charge >= 0.3 is 0 Å². The molecule has 0 atom stereocenters. The number of ether oxygens (including phenoxy) is 1. The summed E-state index contributed by atoms with van der Waals surface area (Å²) in [7, 11) is 0. The first-order chi connectivity index (χ1) is 12.7. The Balaban J connectivity index is 1.53. The smallest absolute Gasteiger partial charge is 0.259 e. The number of H-pyrrole nitrogens is 1. The van der Waals surface area contributed by atoms with Crippen molar-refractivity contribution in [3.63, 3.8) is 0 Å². The van der Waals surface area contributed by atoms with Crippen LogP contribution in [0.25, 0.3) is 11.4 Å². The lowest BCUT2D eigenvalue weighted by Crippen LogP contribution is -2.16. The molecule has 4 rings (SSSR count). The molecule has 1 aliphatic rings. The molecule has 2 heterocycles. The van der Waals surface area contributed by atoms with Gasteiger partial charge in [-0.2, -0.15) is 5.10 Å². The Morgan fingerprint density at radius 1 is 1.19 bits per heavy atom. The van der Waals surface area contributed by atoms with Gasteiger partial charge in [0.1, 0.15) is 18.2 Å². The van der Waals surface area contributed by atoms with Gasteiger partial charge in [0.2, 0.25) is 0 Å². The van der Waals surface area contributed by atoms with Crippen LogP contribution in [0.3, 0.4) is 0 Å². The molecule has 0 bridgehead atoms. The highest BCUT2D eigenvalue weighted by molar-refractivity contribution is 6.06. The maximum absolute atomic E-state index is 12.7. The molecule has 1 amide bonds. The van der Waals surface area contributed by atoms with E-state index in [0.717, 1.165) is 23.5 Å². The number of nitrogens with zero attached hydrogens (tertiary/aromatic N) is 2. The second-order valence-electron chi connectivity index (χ2n) is 6.09. The van der Waals surface area contributed by atoms with Crippen molar-refractivity contribution in [2.75, 3.05) is 18.5 Å². The van der Waals surface area contributed by atoms with E-state index in [2.05, 4.69) is 25.8 Å². The van der Waals surface area contributed by atoms with Gasteiger partial charge in [-0.1, -0.05) is 12.1 Å². The maximum Gasteiger partial charge on any atom is 0.259 e. The number of rotatable bonds is 3. The lowest BCUT2D eigenvalue weighted by Gasteiger charge is -2.12. The fraction of sp³-hybridized carbons (Fsp3) is 0.211. The third-order valence-electron chi connectivity index (χ3n) is 4.18. The van der Waals surface area contributed by atoms with Crippen LogP contribution in [0.4, 0.5) is 5.69 Å². The van der Waals surface area contributed by atoms with Crippen LogP contribution in [-0.2, 0) is 6.54 Å². The maximum atomic E-state index is 12.7. The van der Waals surface area contributed by atoms with Gasteiger partial charge in [-0.3, -0.25) is 9.89 Å². The average molecular weight is 349 g/mol. The number of benzene rings is 2. The van der Waals surface area contributed by atoms with Crippen molar-refractivity contribution in [2.24, 2.45) is 0 Å². The van der Waals surface area contributed by atoms with Crippen molar-refractivity contribution in [3.05, 3.63) is 59.4 Å². The third kappa shape index (κ3) is 3.29. The van der Waals surface area contributed by atoms with E-state index in [1.807, 2.05) is 43.3 Å². The van der Waals surface area contributed by atoms with E-state index in [-0.39, 0.29) is 5.91 Å². The molecule has 0 fully saturated rings. The Morgan fingerprint density at radius 3 is 2.81 bits per heavy atom. The summed E-state index contributed by atoms with van der Waals surface area (Å²) in [6, 6.07) is 13.1. The lowest BCUT2D eigenvalue weighted by molar-refractivity contribution is 0.102. The first kappa shape index (κ1) is 16.3. The predicted molar refractivity (Wildman–Crippen MR) is 98.2 cm³/mol. The topological polar surface area (TPSA) is 91.9 Å². The summed E-state index contributed by atoms with van der Waals surface area (Å²) >= 11 is 0. The molecule has 3 aromatic rings. The first-order valence-electron chi connectivity index (χ1n) is 8.47. The number of aromatic amines is 1. The van der Waals surface area contributed by atoms with Crippen molar-refractivity contribution in [3.8, 4) is 17.1 Å². The fourth-order valence-electron chi connectivity index (χ4n) is 2.89. The molecule has 0 saturated carbocycles. The number of hydrogen-bond acceptors (Lipinski definition) is 5. The second-order valence-corrected chi connectivity index (χ2v) is 6.09. The molecular formula is C19H19N5O2. The minimum Gasteiger partial charge on any atom is -0.491 e. The lowest BCUT2D eigenvalue weighted by atomic mass is 10.1. The number of carbonyl (C=O) groups excluding carboxylic acids is 1. The van der Waals surface area contributed by atoms with E-state index in [9.17, 15) is 4.79 Å². The number of amides is 1. The summed E-state index contributed by atoms with van der Waals surface area (Å²) < 4.78 is 5.77. The largest absolute Gasteiger partial charge is 0.491 e. The molecule has 0 saturated heterocycles. The van der Waals surface area contributed by atoms with Crippen LogP contribution in [0.5, 0.6) is 5.75 Å². The van der Waals surface area contributed by atoms with Gasteiger partial charge in [0.15, 0.2) is 5.82 Å². The van der Waals surface area contributed by atoms with Crippen molar-refractivity contribution >= 4 is 11.6 Å². The highest BCUT2D eigenvalue weighted by Gasteiger charge is 2.18. The number of para-hydroxylation sites is 1. The molecule has 0 radical (unpaired) electrons. The minimum atomic E-state index is -0.190. The minimum absolute atomic E-state index is 0.190. The number of carbonyl (C=O) groups is 1. The number of aryl methyl sites for hydroxylation is 1. The Morgan fingerprint density at radius 2 is 2.04 bits per heavy atom. The van der Waals surface area contributed by atoms with Crippen LogP contribution in [0.15, 0.2) is 42.5 Å². The molecule has 2 aromatic carbocycles. The van der Waals surface area contributed by atoms with E-state index in [4.69, 9.17) is 4.74 Å². The van der Waals surface area contributed by atoms with Crippen LogP contribution in [-0.4, -0.2) is 34.2 Å². The van der Waals surface area contributed by atoms with Crippen molar-refractivity contribution in [1.82, 2.24) is 20.5 Å².